The number of aryl methyl sites for hydroxylation is 2. The summed E-state index contributed by atoms with van der Waals surface area (Å²) in [5.74, 6) is 0. The van der Waals surface area contributed by atoms with Gasteiger partial charge in [0.25, 0.3) is 0 Å². The smallest absolute Gasteiger partial charge is 0.0518 e. The Bertz CT molecular complexity index is 2640. The molecule has 0 radical (unpaired) electrons. The lowest BCUT2D eigenvalue weighted by atomic mass is 9.60. The molecular weight excluding hydrogens is 725 g/mol. The maximum atomic E-state index is 2.75. The summed E-state index contributed by atoms with van der Waals surface area (Å²) >= 11 is 0. The summed E-state index contributed by atoms with van der Waals surface area (Å²) in [5, 5.41) is 5.39. The van der Waals surface area contributed by atoms with E-state index in [0.717, 1.165) is 0 Å². The van der Waals surface area contributed by atoms with E-state index in [1.54, 1.807) is 11.1 Å². The first-order chi connectivity index (χ1) is 28.9. The molecule has 2 aliphatic carbocycles. The standard InChI is InChI=1S/C58H60N2/c1-37-35-47(39(3)51-53(37)59(41-23-11-9-12-24-41)57(7)33-21-19-31-55(51,57)5)49-43-27-15-17-29-45(43)50(46-30-18-16-28-44(46)49)48-36-38(2)54-52(40(48)4)56(6)32-20-22-34-58(56,8)60(54)42-25-13-10-14-26-42/h9-18,23-30,35-36H,19-22,31-34H2,1-8H3. The molecule has 2 nitrogen and oxygen atoms in total. The van der Waals surface area contributed by atoms with E-state index in [9.17, 15) is 0 Å². The highest BCUT2D eigenvalue weighted by atomic mass is 15.3. The van der Waals surface area contributed by atoms with Crippen LogP contribution in [0.1, 0.15) is 112 Å². The van der Waals surface area contributed by atoms with Crippen LogP contribution >= 0.6 is 0 Å². The van der Waals surface area contributed by atoms with E-state index in [1.165, 1.54) is 140 Å². The summed E-state index contributed by atoms with van der Waals surface area (Å²) in [5.41, 5.74) is 19.9. The van der Waals surface area contributed by atoms with E-state index in [2.05, 4.69) is 187 Å². The zero-order chi connectivity index (χ0) is 41.3. The molecule has 2 aliphatic heterocycles. The number of anilines is 4. The Morgan fingerprint density at radius 2 is 0.717 bits per heavy atom. The van der Waals surface area contributed by atoms with Crippen LogP contribution in [-0.4, -0.2) is 11.1 Å². The van der Waals surface area contributed by atoms with Crippen molar-refractivity contribution in [3.8, 4) is 22.3 Å². The Kier molecular flexibility index (Phi) is 8.21. The molecule has 60 heavy (non-hydrogen) atoms. The Balaban J connectivity index is 1.19. The van der Waals surface area contributed by atoms with Crippen LogP contribution in [-0.2, 0) is 10.8 Å². The molecule has 4 atom stereocenters. The fourth-order valence-electron chi connectivity index (χ4n) is 13.9. The molecule has 0 aromatic heterocycles. The molecule has 302 valence electrons. The number of rotatable bonds is 4. The maximum absolute atomic E-state index is 2.75. The van der Waals surface area contributed by atoms with Gasteiger partial charge >= 0.3 is 0 Å². The lowest BCUT2D eigenvalue weighted by Crippen LogP contribution is -2.54. The molecule has 0 amide bonds. The molecule has 4 aliphatic rings. The van der Waals surface area contributed by atoms with Crippen molar-refractivity contribution in [2.75, 3.05) is 9.80 Å². The third-order valence-corrected chi connectivity index (χ3v) is 17.1. The van der Waals surface area contributed by atoms with Gasteiger partial charge in [-0.2, -0.15) is 0 Å². The maximum Gasteiger partial charge on any atom is 0.0518 e. The lowest BCUT2D eigenvalue weighted by Gasteiger charge is -2.50. The van der Waals surface area contributed by atoms with Gasteiger partial charge in [-0.3, -0.25) is 0 Å². The zero-order valence-electron chi connectivity index (χ0n) is 37.1. The van der Waals surface area contributed by atoms with Crippen LogP contribution in [0.25, 0.3) is 43.8 Å². The van der Waals surface area contributed by atoms with Gasteiger partial charge in [-0.25, -0.2) is 0 Å². The number of nitrogens with zero attached hydrogens (tertiary/aromatic N) is 2. The third-order valence-electron chi connectivity index (χ3n) is 17.1. The molecule has 2 heterocycles. The van der Waals surface area contributed by atoms with Crippen molar-refractivity contribution in [3.05, 3.63) is 155 Å². The van der Waals surface area contributed by atoms with Gasteiger partial charge in [0.15, 0.2) is 0 Å². The highest BCUT2D eigenvalue weighted by molar-refractivity contribution is 6.22. The molecule has 2 saturated carbocycles. The SMILES string of the molecule is Cc1cc(-c2c3ccccc3c(-c3cc(C)c4c(c3C)C3(C)CCCCC3(C)N4c3ccccc3)c3ccccc23)c(C)c2c1N(c1ccccc1)C1(C)CCCCC21C. The molecule has 2 fully saturated rings. The first-order valence-corrected chi connectivity index (χ1v) is 22.9. The minimum atomic E-state index is 0.00116. The summed E-state index contributed by atoms with van der Waals surface area (Å²) < 4.78 is 0. The molecule has 7 aromatic carbocycles. The van der Waals surface area contributed by atoms with Crippen LogP contribution in [0.5, 0.6) is 0 Å². The van der Waals surface area contributed by atoms with Gasteiger partial charge in [-0.1, -0.05) is 124 Å². The van der Waals surface area contributed by atoms with E-state index in [0.29, 0.717) is 0 Å². The Hall–Kier alpha value is -5.34. The molecule has 0 bridgehead atoms. The second-order valence-corrected chi connectivity index (χ2v) is 20.0. The van der Waals surface area contributed by atoms with Crippen LogP contribution in [0.4, 0.5) is 22.7 Å². The van der Waals surface area contributed by atoms with Crippen molar-refractivity contribution in [2.24, 2.45) is 0 Å². The predicted octanol–water partition coefficient (Wildman–Crippen LogP) is 16.0. The predicted molar refractivity (Wildman–Crippen MR) is 257 cm³/mol. The number of para-hydroxylation sites is 2. The normalized spacial score (nSPS) is 25.7. The minimum Gasteiger partial charge on any atom is -0.334 e. The highest BCUT2D eigenvalue weighted by Crippen LogP contribution is 2.65. The first-order valence-electron chi connectivity index (χ1n) is 22.9. The van der Waals surface area contributed by atoms with Crippen molar-refractivity contribution in [2.45, 2.75) is 129 Å². The molecule has 4 unspecified atom stereocenters. The Labute approximate surface area is 358 Å². The van der Waals surface area contributed by atoms with Crippen molar-refractivity contribution in [1.82, 2.24) is 0 Å². The van der Waals surface area contributed by atoms with Gasteiger partial charge < -0.3 is 9.80 Å². The highest BCUT2D eigenvalue weighted by Gasteiger charge is 2.60. The van der Waals surface area contributed by atoms with Gasteiger partial charge in [0.05, 0.1) is 11.1 Å². The zero-order valence-corrected chi connectivity index (χ0v) is 37.1. The second-order valence-electron chi connectivity index (χ2n) is 20.0. The van der Waals surface area contributed by atoms with Crippen molar-refractivity contribution < 1.29 is 0 Å². The lowest BCUT2D eigenvalue weighted by molar-refractivity contribution is 0.194. The van der Waals surface area contributed by atoms with Crippen LogP contribution in [0.3, 0.4) is 0 Å². The molecule has 0 N–H and O–H groups in total. The van der Waals surface area contributed by atoms with Gasteiger partial charge in [-0.05, 0) is 181 Å². The fraction of sp³-hybridized carbons (Fsp3) is 0.345. The second kappa shape index (κ2) is 13.1. The molecule has 11 rings (SSSR count). The fourth-order valence-corrected chi connectivity index (χ4v) is 13.9. The largest absolute Gasteiger partial charge is 0.334 e. The summed E-state index contributed by atoms with van der Waals surface area (Å²) in [6, 6.07) is 46.3. The van der Waals surface area contributed by atoms with Gasteiger partial charge in [-0.15, -0.1) is 0 Å². The van der Waals surface area contributed by atoms with Gasteiger partial charge in [0, 0.05) is 33.6 Å². The molecule has 7 aromatic rings. The molecule has 2 heteroatoms. The van der Waals surface area contributed by atoms with Crippen LogP contribution in [0, 0.1) is 27.7 Å². The Morgan fingerprint density at radius 1 is 0.400 bits per heavy atom. The third kappa shape index (κ3) is 4.71. The van der Waals surface area contributed by atoms with E-state index in [1.807, 2.05) is 0 Å². The van der Waals surface area contributed by atoms with Crippen molar-refractivity contribution >= 4 is 44.3 Å². The molecular formula is C58H60N2. The average Bonchev–Trinajstić information content (AvgIpc) is 3.63. The number of fused-ring (bicyclic) bond motifs is 8. The van der Waals surface area contributed by atoms with Crippen molar-refractivity contribution in [3.63, 3.8) is 0 Å². The van der Waals surface area contributed by atoms with E-state index in [-0.39, 0.29) is 21.9 Å². The molecule has 0 saturated heterocycles. The van der Waals surface area contributed by atoms with Crippen LogP contribution < -0.4 is 9.80 Å². The van der Waals surface area contributed by atoms with E-state index in [4.69, 9.17) is 0 Å². The monoisotopic (exact) mass is 784 g/mol. The van der Waals surface area contributed by atoms with E-state index < -0.39 is 0 Å². The Morgan fingerprint density at radius 3 is 1.07 bits per heavy atom. The van der Waals surface area contributed by atoms with Gasteiger partial charge in [0.2, 0.25) is 0 Å². The number of hydrogen-bond acceptors (Lipinski definition) is 2. The quantitative estimate of drug-likeness (QED) is 0.164. The summed E-state index contributed by atoms with van der Waals surface area (Å²) in [4.78, 5) is 5.51. The van der Waals surface area contributed by atoms with Gasteiger partial charge in [0.1, 0.15) is 0 Å². The van der Waals surface area contributed by atoms with E-state index >= 15 is 0 Å². The summed E-state index contributed by atoms with van der Waals surface area (Å²) in [6.45, 7) is 20.0. The minimum absolute atomic E-state index is 0.00116. The van der Waals surface area contributed by atoms with Crippen molar-refractivity contribution in [1.29, 1.82) is 0 Å². The summed E-state index contributed by atoms with van der Waals surface area (Å²) in [7, 11) is 0. The first kappa shape index (κ1) is 37.6. The topological polar surface area (TPSA) is 6.48 Å². The average molecular weight is 785 g/mol. The summed E-state index contributed by atoms with van der Waals surface area (Å²) in [6.07, 6.45) is 9.91. The molecule has 0 spiro atoms. The van der Waals surface area contributed by atoms with Crippen LogP contribution in [0.15, 0.2) is 121 Å². The van der Waals surface area contributed by atoms with Crippen LogP contribution in [0.2, 0.25) is 0 Å². The number of benzene rings is 7. The number of hydrogen-bond donors (Lipinski definition) is 0.